The molecule has 0 N–H and O–H groups in total. The van der Waals surface area contributed by atoms with Gasteiger partial charge >= 0.3 is 0 Å². The molecule has 0 bridgehead atoms. The SMILES string of the molecule is [CH2]C(CCCCC)C(C)CC. The van der Waals surface area contributed by atoms with E-state index >= 15 is 0 Å². The van der Waals surface area contributed by atoms with Crippen molar-refractivity contribution in [2.75, 3.05) is 0 Å². The normalized spacial score (nSPS) is 16.4. The predicted molar refractivity (Wildman–Crippen MR) is 52.4 cm³/mol. The Bertz CT molecular complexity index is 76.1. The van der Waals surface area contributed by atoms with Gasteiger partial charge in [-0.15, -0.1) is 0 Å². The molecule has 0 saturated carbocycles. The largest absolute Gasteiger partial charge is 0.0654 e. The summed E-state index contributed by atoms with van der Waals surface area (Å²) in [5.41, 5.74) is 0. The zero-order valence-electron chi connectivity index (χ0n) is 8.40. The zero-order valence-corrected chi connectivity index (χ0v) is 8.40. The number of unbranched alkanes of at least 4 members (excludes halogenated alkanes) is 2. The number of hydrogen-bond acceptors (Lipinski definition) is 0. The summed E-state index contributed by atoms with van der Waals surface area (Å²) in [5.74, 6) is 1.50. The molecule has 0 heteroatoms. The second kappa shape index (κ2) is 6.69. The van der Waals surface area contributed by atoms with E-state index in [4.69, 9.17) is 0 Å². The highest BCUT2D eigenvalue weighted by molar-refractivity contribution is 4.66. The summed E-state index contributed by atoms with van der Waals surface area (Å²) in [6.45, 7) is 11.0. The summed E-state index contributed by atoms with van der Waals surface area (Å²) >= 11 is 0. The van der Waals surface area contributed by atoms with Gasteiger partial charge in [-0.25, -0.2) is 0 Å². The van der Waals surface area contributed by atoms with Crippen molar-refractivity contribution in [3.8, 4) is 0 Å². The van der Waals surface area contributed by atoms with Crippen molar-refractivity contribution in [1.82, 2.24) is 0 Å². The van der Waals surface area contributed by atoms with E-state index in [1.807, 2.05) is 0 Å². The van der Waals surface area contributed by atoms with Crippen molar-refractivity contribution < 1.29 is 0 Å². The van der Waals surface area contributed by atoms with Crippen molar-refractivity contribution in [3.63, 3.8) is 0 Å². The lowest BCUT2D eigenvalue weighted by Gasteiger charge is -2.17. The van der Waals surface area contributed by atoms with Crippen molar-refractivity contribution in [2.45, 2.75) is 52.9 Å². The van der Waals surface area contributed by atoms with Crippen LogP contribution in [0.1, 0.15) is 52.9 Å². The number of hydrogen-bond donors (Lipinski definition) is 0. The molecule has 0 aromatic heterocycles. The fourth-order valence-electron chi connectivity index (χ4n) is 1.27. The summed E-state index contributed by atoms with van der Waals surface area (Å²) in [6.07, 6.45) is 6.67. The summed E-state index contributed by atoms with van der Waals surface area (Å²) < 4.78 is 0. The minimum Gasteiger partial charge on any atom is -0.0654 e. The molecule has 0 fully saturated rings. The predicted octanol–water partition coefficient (Wildman–Crippen LogP) is 4.06. The van der Waals surface area contributed by atoms with Gasteiger partial charge in [0.05, 0.1) is 0 Å². The molecule has 2 unspecified atom stereocenters. The zero-order chi connectivity index (χ0) is 8.69. The topological polar surface area (TPSA) is 0 Å². The maximum absolute atomic E-state index is 4.18. The third-order valence-corrected chi connectivity index (χ3v) is 2.63. The van der Waals surface area contributed by atoms with E-state index < -0.39 is 0 Å². The first-order valence-electron chi connectivity index (χ1n) is 5.05. The van der Waals surface area contributed by atoms with Crippen LogP contribution in [0.4, 0.5) is 0 Å². The molecule has 0 aliphatic carbocycles. The maximum Gasteiger partial charge on any atom is -0.0388 e. The fourth-order valence-corrected chi connectivity index (χ4v) is 1.27. The lowest BCUT2D eigenvalue weighted by molar-refractivity contribution is 0.377. The van der Waals surface area contributed by atoms with Crippen LogP contribution < -0.4 is 0 Å². The highest BCUT2D eigenvalue weighted by Gasteiger charge is 2.08. The molecule has 0 rings (SSSR count). The molecule has 0 aromatic rings. The Labute approximate surface area is 72.4 Å². The van der Waals surface area contributed by atoms with Gasteiger partial charge in [0.1, 0.15) is 0 Å². The minimum absolute atomic E-state index is 0.687. The first-order chi connectivity index (χ1) is 5.22. The van der Waals surface area contributed by atoms with E-state index in [1.165, 1.54) is 32.1 Å². The average molecular weight is 155 g/mol. The van der Waals surface area contributed by atoms with Crippen LogP contribution in [0.5, 0.6) is 0 Å². The number of rotatable bonds is 6. The molecule has 0 heterocycles. The van der Waals surface area contributed by atoms with E-state index in [0.29, 0.717) is 5.92 Å². The molecule has 0 aliphatic heterocycles. The van der Waals surface area contributed by atoms with E-state index in [-0.39, 0.29) is 0 Å². The van der Waals surface area contributed by atoms with Gasteiger partial charge in [-0.3, -0.25) is 0 Å². The molecule has 0 amide bonds. The first kappa shape index (κ1) is 11.0. The quantitative estimate of drug-likeness (QED) is 0.507. The Morgan fingerprint density at radius 1 is 1.18 bits per heavy atom. The van der Waals surface area contributed by atoms with E-state index in [0.717, 1.165) is 5.92 Å². The van der Waals surface area contributed by atoms with E-state index in [9.17, 15) is 0 Å². The van der Waals surface area contributed by atoms with Gasteiger partial charge in [0.25, 0.3) is 0 Å². The molecule has 0 aliphatic rings. The molecule has 67 valence electrons. The molecule has 0 spiro atoms. The molecule has 2 atom stereocenters. The van der Waals surface area contributed by atoms with Gasteiger partial charge in [-0.2, -0.15) is 0 Å². The third-order valence-electron chi connectivity index (χ3n) is 2.63. The van der Waals surface area contributed by atoms with Gasteiger partial charge in [0, 0.05) is 0 Å². The second-order valence-electron chi connectivity index (χ2n) is 3.64. The van der Waals surface area contributed by atoms with Crippen LogP contribution in [0, 0.1) is 18.8 Å². The smallest absolute Gasteiger partial charge is 0.0388 e. The lowest BCUT2D eigenvalue weighted by atomic mass is 9.89. The van der Waals surface area contributed by atoms with Crippen LogP contribution in [0.25, 0.3) is 0 Å². The van der Waals surface area contributed by atoms with Gasteiger partial charge in [0.2, 0.25) is 0 Å². The van der Waals surface area contributed by atoms with Gasteiger partial charge < -0.3 is 0 Å². The monoisotopic (exact) mass is 155 g/mol. The highest BCUT2D eigenvalue weighted by Crippen LogP contribution is 2.20. The lowest BCUT2D eigenvalue weighted by Crippen LogP contribution is -2.06. The Morgan fingerprint density at radius 2 is 1.82 bits per heavy atom. The van der Waals surface area contributed by atoms with Crippen LogP contribution in [-0.2, 0) is 0 Å². The Morgan fingerprint density at radius 3 is 2.27 bits per heavy atom. The molecular formula is C11H23. The van der Waals surface area contributed by atoms with Crippen LogP contribution in [-0.4, -0.2) is 0 Å². The van der Waals surface area contributed by atoms with Crippen molar-refractivity contribution in [2.24, 2.45) is 11.8 Å². The second-order valence-corrected chi connectivity index (χ2v) is 3.64. The van der Waals surface area contributed by atoms with Gasteiger partial charge in [-0.1, -0.05) is 52.9 Å². The molecule has 11 heavy (non-hydrogen) atoms. The molecule has 1 radical (unpaired) electrons. The van der Waals surface area contributed by atoms with Crippen LogP contribution in [0.3, 0.4) is 0 Å². The molecule has 0 saturated heterocycles. The average Bonchev–Trinajstić information content (AvgIpc) is 2.03. The van der Waals surface area contributed by atoms with Gasteiger partial charge in [0.15, 0.2) is 0 Å². The molecular weight excluding hydrogens is 132 g/mol. The first-order valence-corrected chi connectivity index (χ1v) is 5.05. The van der Waals surface area contributed by atoms with Crippen molar-refractivity contribution in [3.05, 3.63) is 6.92 Å². The van der Waals surface area contributed by atoms with Crippen LogP contribution in [0.15, 0.2) is 0 Å². The summed E-state index contributed by atoms with van der Waals surface area (Å²) in [7, 11) is 0. The van der Waals surface area contributed by atoms with Crippen molar-refractivity contribution in [1.29, 1.82) is 0 Å². The minimum atomic E-state index is 0.687. The fraction of sp³-hybridized carbons (Fsp3) is 0.909. The summed E-state index contributed by atoms with van der Waals surface area (Å²) in [4.78, 5) is 0. The van der Waals surface area contributed by atoms with Crippen LogP contribution >= 0.6 is 0 Å². The van der Waals surface area contributed by atoms with E-state index in [1.54, 1.807) is 0 Å². The van der Waals surface area contributed by atoms with E-state index in [2.05, 4.69) is 27.7 Å². The standard InChI is InChI=1S/C11H23/c1-5-7-8-9-11(4)10(3)6-2/h10-11H,4-9H2,1-3H3. The highest BCUT2D eigenvalue weighted by atomic mass is 14.1. The Hall–Kier alpha value is 0. The molecule has 0 nitrogen and oxygen atoms in total. The Balaban J connectivity index is 3.28. The summed E-state index contributed by atoms with van der Waals surface area (Å²) in [5, 5.41) is 0. The molecule has 0 aromatic carbocycles. The third kappa shape index (κ3) is 5.29. The Kier molecular flexibility index (Phi) is 6.69. The summed E-state index contributed by atoms with van der Waals surface area (Å²) in [6, 6.07) is 0. The maximum atomic E-state index is 4.18. The van der Waals surface area contributed by atoms with Crippen LogP contribution in [0.2, 0.25) is 0 Å². The van der Waals surface area contributed by atoms with Crippen molar-refractivity contribution >= 4 is 0 Å². The van der Waals surface area contributed by atoms with Gasteiger partial charge in [-0.05, 0) is 18.8 Å².